The molecule has 0 aromatic heterocycles. The van der Waals surface area contributed by atoms with Gasteiger partial charge in [0.2, 0.25) is 0 Å². The van der Waals surface area contributed by atoms with Crippen molar-refractivity contribution in [2.75, 3.05) is 13.7 Å². The molecule has 2 aromatic carbocycles. The summed E-state index contributed by atoms with van der Waals surface area (Å²) >= 11 is 0. The van der Waals surface area contributed by atoms with Crippen molar-refractivity contribution in [1.82, 2.24) is 5.32 Å². The molecule has 2 unspecified atom stereocenters. The molecule has 0 bridgehead atoms. The zero-order valence-electron chi connectivity index (χ0n) is 12.9. The Bertz CT molecular complexity index is 567. The van der Waals surface area contributed by atoms with E-state index in [1.807, 2.05) is 24.3 Å². The Kier molecular flexibility index (Phi) is 5.92. The maximum absolute atomic E-state index is 13.0. The van der Waals surface area contributed by atoms with Gasteiger partial charge >= 0.3 is 0 Å². The van der Waals surface area contributed by atoms with E-state index in [1.54, 1.807) is 26.2 Å². The molecular weight excluding hydrogens is 281 g/mol. The largest absolute Gasteiger partial charge is 0.497 e. The zero-order chi connectivity index (χ0) is 15.9. The first kappa shape index (κ1) is 16.5. The van der Waals surface area contributed by atoms with E-state index in [0.717, 1.165) is 23.3 Å². The summed E-state index contributed by atoms with van der Waals surface area (Å²) in [5, 5.41) is 12.9. The summed E-state index contributed by atoms with van der Waals surface area (Å²) in [4.78, 5) is 0. The first-order valence-corrected chi connectivity index (χ1v) is 7.38. The Morgan fingerprint density at radius 1 is 1.09 bits per heavy atom. The first-order chi connectivity index (χ1) is 10.6. The Labute approximate surface area is 130 Å². The molecule has 0 heterocycles. The highest BCUT2D eigenvalue weighted by Gasteiger charge is 2.13. The second-order valence-corrected chi connectivity index (χ2v) is 5.41. The minimum absolute atomic E-state index is 0.0472. The van der Waals surface area contributed by atoms with Gasteiger partial charge in [0.05, 0.1) is 13.2 Å². The number of aliphatic hydroxyl groups excluding tert-OH is 1. The van der Waals surface area contributed by atoms with Crippen LogP contribution in [0.2, 0.25) is 0 Å². The number of rotatable bonds is 7. The maximum atomic E-state index is 13.0. The lowest BCUT2D eigenvalue weighted by atomic mass is 9.98. The number of benzene rings is 2. The first-order valence-electron chi connectivity index (χ1n) is 7.38. The van der Waals surface area contributed by atoms with Crippen LogP contribution in [0.1, 0.15) is 24.1 Å². The third-order valence-electron chi connectivity index (χ3n) is 3.53. The van der Waals surface area contributed by atoms with Crippen molar-refractivity contribution in [2.24, 2.45) is 0 Å². The molecule has 2 rings (SSSR count). The molecule has 2 aromatic rings. The van der Waals surface area contributed by atoms with Crippen LogP contribution in [-0.2, 0) is 6.42 Å². The van der Waals surface area contributed by atoms with E-state index in [-0.39, 0.29) is 11.9 Å². The highest BCUT2D eigenvalue weighted by atomic mass is 19.1. The summed E-state index contributed by atoms with van der Waals surface area (Å²) in [7, 11) is 1.64. The highest BCUT2D eigenvalue weighted by molar-refractivity contribution is 5.30. The van der Waals surface area contributed by atoms with Crippen molar-refractivity contribution in [3.05, 3.63) is 65.5 Å². The molecule has 0 radical (unpaired) electrons. The normalized spacial score (nSPS) is 13.6. The van der Waals surface area contributed by atoms with Gasteiger partial charge in [-0.05, 0) is 48.7 Å². The van der Waals surface area contributed by atoms with E-state index in [1.165, 1.54) is 12.1 Å². The van der Waals surface area contributed by atoms with Crippen LogP contribution >= 0.6 is 0 Å². The van der Waals surface area contributed by atoms with E-state index in [9.17, 15) is 9.50 Å². The monoisotopic (exact) mass is 303 g/mol. The van der Waals surface area contributed by atoms with Crippen molar-refractivity contribution < 1.29 is 14.2 Å². The fourth-order valence-electron chi connectivity index (χ4n) is 2.31. The standard InChI is InChI=1S/C18H22FNO2/c1-13(21)12-20-18(11-14-3-7-16(19)8-4-14)15-5-9-17(22-2)10-6-15/h3-10,13,18,20-21H,11-12H2,1-2H3. The van der Waals surface area contributed by atoms with E-state index in [0.29, 0.717) is 6.54 Å². The fourth-order valence-corrected chi connectivity index (χ4v) is 2.31. The minimum Gasteiger partial charge on any atom is -0.497 e. The van der Waals surface area contributed by atoms with Crippen LogP contribution in [-0.4, -0.2) is 24.9 Å². The quantitative estimate of drug-likeness (QED) is 0.826. The van der Waals surface area contributed by atoms with Gasteiger partial charge in [0.15, 0.2) is 0 Å². The van der Waals surface area contributed by atoms with Crippen LogP contribution in [0.3, 0.4) is 0 Å². The van der Waals surface area contributed by atoms with Gasteiger partial charge < -0.3 is 15.2 Å². The topological polar surface area (TPSA) is 41.5 Å². The van der Waals surface area contributed by atoms with Crippen molar-refractivity contribution in [3.8, 4) is 5.75 Å². The van der Waals surface area contributed by atoms with Crippen LogP contribution < -0.4 is 10.1 Å². The van der Waals surface area contributed by atoms with Crippen LogP contribution in [0, 0.1) is 5.82 Å². The molecular formula is C18H22FNO2. The smallest absolute Gasteiger partial charge is 0.123 e. The van der Waals surface area contributed by atoms with Crippen LogP contribution in [0.4, 0.5) is 4.39 Å². The molecule has 118 valence electrons. The molecule has 2 N–H and O–H groups in total. The number of methoxy groups -OCH3 is 1. The van der Waals surface area contributed by atoms with Crippen molar-refractivity contribution in [1.29, 1.82) is 0 Å². The molecule has 0 fully saturated rings. The van der Waals surface area contributed by atoms with Crippen LogP contribution in [0.25, 0.3) is 0 Å². The van der Waals surface area contributed by atoms with Gasteiger partial charge in [-0.15, -0.1) is 0 Å². The van der Waals surface area contributed by atoms with Crippen molar-refractivity contribution in [2.45, 2.75) is 25.5 Å². The van der Waals surface area contributed by atoms with Gasteiger partial charge in [0, 0.05) is 12.6 Å². The fraction of sp³-hybridized carbons (Fsp3) is 0.333. The molecule has 3 nitrogen and oxygen atoms in total. The summed E-state index contributed by atoms with van der Waals surface area (Å²) in [5.41, 5.74) is 2.14. The van der Waals surface area contributed by atoms with E-state index in [4.69, 9.17) is 4.74 Å². The molecule has 0 spiro atoms. The van der Waals surface area contributed by atoms with Gasteiger partial charge in [-0.2, -0.15) is 0 Å². The van der Waals surface area contributed by atoms with E-state index >= 15 is 0 Å². The lowest BCUT2D eigenvalue weighted by Crippen LogP contribution is -2.30. The second kappa shape index (κ2) is 7.92. The molecule has 0 aliphatic rings. The van der Waals surface area contributed by atoms with Crippen LogP contribution in [0.15, 0.2) is 48.5 Å². The van der Waals surface area contributed by atoms with Crippen LogP contribution in [0.5, 0.6) is 5.75 Å². The third kappa shape index (κ3) is 4.83. The Hall–Kier alpha value is -1.91. The third-order valence-corrected chi connectivity index (χ3v) is 3.53. The molecule has 0 aliphatic heterocycles. The van der Waals surface area contributed by atoms with Gasteiger partial charge in [-0.1, -0.05) is 24.3 Å². The molecule has 2 atom stereocenters. The average molecular weight is 303 g/mol. The molecule has 0 aliphatic carbocycles. The number of hydrogen-bond acceptors (Lipinski definition) is 3. The predicted molar refractivity (Wildman–Crippen MR) is 85.5 cm³/mol. The molecule has 0 saturated carbocycles. The Morgan fingerprint density at radius 3 is 2.27 bits per heavy atom. The van der Waals surface area contributed by atoms with Gasteiger partial charge in [0.25, 0.3) is 0 Å². The Balaban J connectivity index is 2.15. The number of halogens is 1. The van der Waals surface area contributed by atoms with Crippen molar-refractivity contribution in [3.63, 3.8) is 0 Å². The van der Waals surface area contributed by atoms with E-state index < -0.39 is 6.10 Å². The molecule has 0 saturated heterocycles. The predicted octanol–water partition coefficient (Wildman–Crippen LogP) is 3.09. The van der Waals surface area contributed by atoms with Crippen molar-refractivity contribution >= 4 is 0 Å². The lowest BCUT2D eigenvalue weighted by Gasteiger charge is -2.21. The second-order valence-electron chi connectivity index (χ2n) is 5.41. The highest BCUT2D eigenvalue weighted by Crippen LogP contribution is 2.21. The summed E-state index contributed by atoms with van der Waals surface area (Å²) in [6.45, 7) is 2.24. The minimum atomic E-state index is -0.422. The maximum Gasteiger partial charge on any atom is 0.123 e. The van der Waals surface area contributed by atoms with E-state index in [2.05, 4.69) is 5.32 Å². The SMILES string of the molecule is COc1ccc(C(Cc2ccc(F)cc2)NCC(C)O)cc1. The van der Waals surface area contributed by atoms with Gasteiger partial charge in [-0.25, -0.2) is 4.39 Å². The van der Waals surface area contributed by atoms with Gasteiger partial charge in [-0.3, -0.25) is 0 Å². The number of aliphatic hydroxyl groups is 1. The summed E-state index contributed by atoms with van der Waals surface area (Å²) in [6, 6.07) is 14.4. The molecule has 0 amide bonds. The Morgan fingerprint density at radius 2 is 1.73 bits per heavy atom. The molecule has 4 heteroatoms. The molecule has 22 heavy (non-hydrogen) atoms. The zero-order valence-corrected chi connectivity index (χ0v) is 12.9. The average Bonchev–Trinajstić information content (AvgIpc) is 2.53. The summed E-state index contributed by atoms with van der Waals surface area (Å²) < 4.78 is 18.2. The summed E-state index contributed by atoms with van der Waals surface area (Å²) in [6.07, 6.45) is 0.299. The summed E-state index contributed by atoms with van der Waals surface area (Å²) in [5.74, 6) is 0.571. The number of ether oxygens (including phenoxy) is 1. The van der Waals surface area contributed by atoms with Gasteiger partial charge in [0.1, 0.15) is 11.6 Å². The number of nitrogens with one attached hydrogen (secondary N) is 1. The number of hydrogen-bond donors (Lipinski definition) is 2. The lowest BCUT2D eigenvalue weighted by molar-refractivity contribution is 0.186.